The molecule has 1 aliphatic carbocycles. The van der Waals surface area contributed by atoms with Gasteiger partial charge in [0.15, 0.2) is 0 Å². The summed E-state index contributed by atoms with van der Waals surface area (Å²) < 4.78 is 0. The Balaban J connectivity index is 2.00. The van der Waals surface area contributed by atoms with E-state index in [1.165, 1.54) is 12.8 Å². The van der Waals surface area contributed by atoms with Crippen molar-refractivity contribution in [1.82, 2.24) is 5.32 Å². The predicted molar refractivity (Wildman–Crippen MR) is 69.9 cm³/mol. The van der Waals surface area contributed by atoms with Gasteiger partial charge in [-0.2, -0.15) is 0 Å². The van der Waals surface area contributed by atoms with Gasteiger partial charge in [-0.15, -0.1) is 0 Å². The highest BCUT2D eigenvalue weighted by Gasteiger charge is 2.40. The fraction of sp³-hybridized carbons (Fsp3) is 0.500. The summed E-state index contributed by atoms with van der Waals surface area (Å²) in [6, 6.07) is 5.55. The number of aryl methyl sites for hydroxylation is 1. The number of hydrogen-bond acceptors (Lipinski definition) is 2. The summed E-state index contributed by atoms with van der Waals surface area (Å²) in [6.45, 7) is 4.92. The summed E-state index contributed by atoms with van der Waals surface area (Å²) in [5, 5.41) is 2.99. The fourth-order valence-electron chi connectivity index (χ4n) is 2.08. The molecule has 1 aromatic rings. The second kappa shape index (κ2) is 4.40. The Morgan fingerprint density at radius 3 is 2.71 bits per heavy atom. The normalized spacial score (nSPS) is 16.6. The first kappa shape index (κ1) is 12.0. The molecule has 1 saturated carbocycles. The lowest BCUT2D eigenvalue weighted by Crippen LogP contribution is -2.30. The van der Waals surface area contributed by atoms with Crippen LogP contribution in [-0.4, -0.2) is 12.5 Å². The van der Waals surface area contributed by atoms with Crippen molar-refractivity contribution in [2.45, 2.75) is 33.1 Å². The number of nitrogens with two attached hydrogens (primary N) is 1. The van der Waals surface area contributed by atoms with Crippen molar-refractivity contribution in [3.8, 4) is 0 Å². The van der Waals surface area contributed by atoms with E-state index in [2.05, 4.69) is 12.2 Å². The van der Waals surface area contributed by atoms with E-state index in [-0.39, 0.29) is 5.91 Å². The Labute approximate surface area is 102 Å². The highest BCUT2D eigenvalue weighted by atomic mass is 16.1. The number of nitrogen functional groups attached to an aromatic ring is 1. The summed E-state index contributed by atoms with van der Waals surface area (Å²) in [6.07, 6.45) is 3.59. The van der Waals surface area contributed by atoms with Crippen LogP contribution in [0.1, 0.15) is 42.1 Å². The first-order chi connectivity index (χ1) is 8.06. The zero-order valence-electron chi connectivity index (χ0n) is 10.5. The molecule has 1 aliphatic rings. The molecule has 1 fully saturated rings. The molecule has 0 spiro atoms. The number of carbonyl (C=O) groups excluding carboxylic acids is 1. The topological polar surface area (TPSA) is 55.1 Å². The van der Waals surface area contributed by atoms with Crippen molar-refractivity contribution < 1.29 is 4.79 Å². The van der Waals surface area contributed by atoms with Crippen LogP contribution in [-0.2, 0) is 0 Å². The van der Waals surface area contributed by atoms with Crippen LogP contribution in [0.25, 0.3) is 0 Å². The average molecular weight is 232 g/mol. The standard InChI is InChI=1S/C14H20N2O/c1-3-14(6-7-14)9-16-13(17)11-5-4-10(2)8-12(11)15/h4-5,8H,3,6-7,9,15H2,1-2H3,(H,16,17). The lowest BCUT2D eigenvalue weighted by atomic mass is 10.0. The number of nitrogens with one attached hydrogen (secondary N) is 1. The Kier molecular flexibility index (Phi) is 3.09. The third-order valence-electron chi connectivity index (χ3n) is 3.78. The van der Waals surface area contributed by atoms with Gasteiger partial charge in [-0.1, -0.05) is 13.0 Å². The molecule has 0 bridgehead atoms. The van der Waals surface area contributed by atoms with E-state index in [1.54, 1.807) is 6.07 Å². The number of hydrogen-bond donors (Lipinski definition) is 2. The Bertz CT molecular complexity index is 436. The van der Waals surface area contributed by atoms with Crippen LogP contribution in [0.15, 0.2) is 18.2 Å². The average Bonchev–Trinajstić information content (AvgIpc) is 3.07. The van der Waals surface area contributed by atoms with Crippen LogP contribution >= 0.6 is 0 Å². The molecule has 3 heteroatoms. The van der Waals surface area contributed by atoms with Gasteiger partial charge in [0.05, 0.1) is 5.56 Å². The monoisotopic (exact) mass is 232 g/mol. The van der Waals surface area contributed by atoms with Crippen molar-refractivity contribution in [2.75, 3.05) is 12.3 Å². The van der Waals surface area contributed by atoms with Gasteiger partial charge in [0.25, 0.3) is 5.91 Å². The third-order valence-corrected chi connectivity index (χ3v) is 3.78. The molecule has 1 amide bonds. The van der Waals surface area contributed by atoms with Gasteiger partial charge in [0.1, 0.15) is 0 Å². The summed E-state index contributed by atoms with van der Waals surface area (Å²) in [5.74, 6) is -0.0535. The molecule has 0 atom stereocenters. The first-order valence-electron chi connectivity index (χ1n) is 6.21. The van der Waals surface area contributed by atoms with Gasteiger partial charge in [0.2, 0.25) is 0 Å². The number of carbonyl (C=O) groups is 1. The number of anilines is 1. The third kappa shape index (κ3) is 2.60. The maximum absolute atomic E-state index is 12.0. The Morgan fingerprint density at radius 2 is 2.18 bits per heavy atom. The van der Waals surface area contributed by atoms with Gasteiger partial charge >= 0.3 is 0 Å². The zero-order chi connectivity index (χ0) is 12.5. The van der Waals surface area contributed by atoms with Crippen molar-refractivity contribution in [1.29, 1.82) is 0 Å². The lowest BCUT2D eigenvalue weighted by Gasteiger charge is -2.14. The van der Waals surface area contributed by atoms with Gasteiger partial charge in [-0.25, -0.2) is 0 Å². The lowest BCUT2D eigenvalue weighted by molar-refractivity contribution is 0.0945. The number of benzene rings is 1. The number of rotatable bonds is 4. The van der Waals surface area contributed by atoms with Crippen LogP contribution in [0, 0.1) is 12.3 Å². The molecule has 0 aromatic heterocycles. The minimum absolute atomic E-state index is 0.0535. The maximum Gasteiger partial charge on any atom is 0.253 e. The summed E-state index contributed by atoms with van der Waals surface area (Å²) in [4.78, 5) is 12.0. The van der Waals surface area contributed by atoms with E-state index in [0.29, 0.717) is 16.7 Å². The minimum atomic E-state index is -0.0535. The Hall–Kier alpha value is -1.51. The second-order valence-corrected chi connectivity index (χ2v) is 5.13. The van der Waals surface area contributed by atoms with E-state index < -0.39 is 0 Å². The largest absolute Gasteiger partial charge is 0.398 e. The van der Waals surface area contributed by atoms with Crippen molar-refractivity contribution >= 4 is 11.6 Å². The van der Waals surface area contributed by atoms with Crippen LogP contribution in [0.5, 0.6) is 0 Å². The van der Waals surface area contributed by atoms with Gasteiger partial charge in [-0.3, -0.25) is 4.79 Å². The quantitative estimate of drug-likeness (QED) is 0.784. The SMILES string of the molecule is CCC1(CNC(=O)c2ccc(C)cc2N)CC1. The second-order valence-electron chi connectivity index (χ2n) is 5.13. The van der Waals surface area contributed by atoms with E-state index in [4.69, 9.17) is 5.73 Å². The van der Waals surface area contributed by atoms with Gasteiger partial charge in [-0.05, 0) is 49.3 Å². The number of amides is 1. The first-order valence-corrected chi connectivity index (χ1v) is 6.21. The molecule has 0 heterocycles. The molecule has 3 N–H and O–H groups in total. The molecular weight excluding hydrogens is 212 g/mol. The molecule has 92 valence electrons. The van der Waals surface area contributed by atoms with Crippen LogP contribution in [0.2, 0.25) is 0 Å². The zero-order valence-corrected chi connectivity index (χ0v) is 10.5. The van der Waals surface area contributed by atoms with E-state index in [9.17, 15) is 4.79 Å². The van der Waals surface area contributed by atoms with Crippen LogP contribution in [0.3, 0.4) is 0 Å². The molecule has 1 aromatic carbocycles. The molecule has 0 saturated heterocycles. The highest BCUT2D eigenvalue weighted by Crippen LogP contribution is 2.47. The minimum Gasteiger partial charge on any atom is -0.398 e. The van der Waals surface area contributed by atoms with E-state index >= 15 is 0 Å². The molecule has 0 aliphatic heterocycles. The van der Waals surface area contributed by atoms with Crippen molar-refractivity contribution in [3.63, 3.8) is 0 Å². The smallest absolute Gasteiger partial charge is 0.253 e. The van der Waals surface area contributed by atoms with E-state index in [0.717, 1.165) is 18.5 Å². The molecule has 17 heavy (non-hydrogen) atoms. The molecule has 0 unspecified atom stereocenters. The van der Waals surface area contributed by atoms with Crippen molar-refractivity contribution in [3.05, 3.63) is 29.3 Å². The van der Waals surface area contributed by atoms with Gasteiger partial charge < -0.3 is 11.1 Å². The van der Waals surface area contributed by atoms with Crippen LogP contribution in [0.4, 0.5) is 5.69 Å². The summed E-state index contributed by atoms with van der Waals surface area (Å²) in [7, 11) is 0. The highest BCUT2D eigenvalue weighted by molar-refractivity contribution is 5.99. The Morgan fingerprint density at radius 1 is 1.47 bits per heavy atom. The summed E-state index contributed by atoms with van der Waals surface area (Å²) in [5.41, 5.74) is 8.44. The van der Waals surface area contributed by atoms with Crippen LogP contribution < -0.4 is 11.1 Å². The predicted octanol–water partition coefficient (Wildman–Crippen LogP) is 2.50. The van der Waals surface area contributed by atoms with E-state index in [1.807, 2.05) is 19.1 Å². The maximum atomic E-state index is 12.0. The molecule has 3 nitrogen and oxygen atoms in total. The van der Waals surface area contributed by atoms with Crippen molar-refractivity contribution in [2.24, 2.45) is 5.41 Å². The van der Waals surface area contributed by atoms with Gasteiger partial charge in [0, 0.05) is 12.2 Å². The molecular formula is C14H20N2O. The summed E-state index contributed by atoms with van der Waals surface area (Å²) >= 11 is 0. The molecule has 2 rings (SSSR count). The fourth-order valence-corrected chi connectivity index (χ4v) is 2.08. The molecule has 0 radical (unpaired) electrons.